The zero-order valence-electron chi connectivity index (χ0n) is 10.8. The van der Waals surface area contributed by atoms with Gasteiger partial charge in [0, 0.05) is 25.4 Å². The van der Waals surface area contributed by atoms with E-state index >= 15 is 0 Å². The van der Waals surface area contributed by atoms with Crippen molar-refractivity contribution in [3.63, 3.8) is 0 Å². The quantitative estimate of drug-likeness (QED) is 0.457. The molecule has 4 heteroatoms. The van der Waals surface area contributed by atoms with Crippen LogP contribution < -0.4 is 5.32 Å². The molecule has 4 nitrogen and oxygen atoms in total. The maximum atomic E-state index is 11.1. The maximum absolute atomic E-state index is 11.1. The molecule has 0 bridgehead atoms. The molecule has 0 spiro atoms. The van der Waals surface area contributed by atoms with Crippen LogP contribution in [0.5, 0.6) is 0 Å². The first-order valence-corrected chi connectivity index (χ1v) is 5.94. The van der Waals surface area contributed by atoms with Crippen molar-refractivity contribution in [2.24, 2.45) is 0 Å². The second kappa shape index (κ2) is 8.31. The molecule has 0 fully saturated rings. The standard InChI is InChI=1S/C14H19NO3/c1-3-18-14(16)9-6-12-4-7-13(8-5-12)15-10-11-17-2/h4-9,15H,3,10-11H2,1-2H3. The summed E-state index contributed by atoms with van der Waals surface area (Å²) in [6, 6.07) is 7.79. The van der Waals surface area contributed by atoms with Crippen LogP contribution >= 0.6 is 0 Å². The Kier molecular flexibility index (Phi) is 6.58. The Morgan fingerprint density at radius 2 is 2.06 bits per heavy atom. The van der Waals surface area contributed by atoms with Crippen LogP contribution in [-0.4, -0.2) is 32.8 Å². The molecule has 0 aliphatic carbocycles. The van der Waals surface area contributed by atoms with Crippen LogP contribution in [0.1, 0.15) is 12.5 Å². The minimum Gasteiger partial charge on any atom is -0.463 e. The summed E-state index contributed by atoms with van der Waals surface area (Å²) in [5.74, 6) is -0.320. The van der Waals surface area contributed by atoms with Crippen molar-refractivity contribution < 1.29 is 14.3 Å². The van der Waals surface area contributed by atoms with Gasteiger partial charge >= 0.3 is 5.97 Å². The molecule has 1 N–H and O–H groups in total. The summed E-state index contributed by atoms with van der Waals surface area (Å²) in [6.45, 7) is 3.62. The van der Waals surface area contributed by atoms with Crippen LogP contribution in [0.4, 0.5) is 5.69 Å². The highest BCUT2D eigenvalue weighted by Gasteiger charge is 1.95. The van der Waals surface area contributed by atoms with E-state index in [1.807, 2.05) is 24.3 Å². The molecule has 0 unspecified atom stereocenters. The Morgan fingerprint density at radius 3 is 2.67 bits per heavy atom. The van der Waals surface area contributed by atoms with Crippen molar-refractivity contribution in [2.45, 2.75) is 6.92 Å². The zero-order valence-corrected chi connectivity index (χ0v) is 10.8. The molecule has 1 aromatic carbocycles. The topological polar surface area (TPSA) is 47.6 Å². The highest BCUT2D eigenvalue weighted by atomic mass is 16.5. The number of esters is 1. The lowest BCUT2D eigenvalue weighted by atomic mass is 10.2. The summed E-state index contributed by atoms with van der Waals surface area (Å²) in [5.41, 5.74) is 1.99. The summed E-state index contributed by atoms with van der Waals surface area (Å²) in [5, 5.41) is 3.22. The van der Waals surface area contributed by atoms with E-state index in [9.17, 15) is 4.79 Å². The van der Waals surface area contributed by atoms with E-state index in [4.69, 9.17) is 9.47 Å². The molecule has 0 aliphatic rings. The molecule has 1 aromatic rings. The normalized spacial score (nSPS) is 10.6. The van der Waals surface area contributed by atoms with Gasteiger partial charge in [-0.2, -0.15) is 0 Å². The second-order valence-corrected chi connectivity index (χ2v) is 3.63. The van der Waals surface area contributed by atoms with Gasteiger partial charge < -0.3 is 14.8 Å². The number of hydrogen-bond acceptors (Lipinski definition) is 4. The van der Waals surface area contributed by atoms with Crippen LogP contribution in [0.15, 0.2) is 30.3 Å². The van der Waals surface area contributed by atoms with Gasteiger partial charge in [-0.05, 0) is 30.7 Å². The Morgan fingerprint density at radius 1 is 1.33 bits per heavy atom. The minimum absolute atomic E-state index is 0.320. The lowest BCUT2D eigenvalue weighted by Gasteiger charge is -2.05. The number of ether oxygens (including phenoxy) is 2. The number of anilines is 1. The van der Waals surface area contributed by atoms with E-state index in [2.05, 4.69) is 5.32 Å². The number of nitrogens with one attached hydrogen (secondary N) is 1. The van der Waals surface area contributed by atoms with Crippen molar-refractivity contribution in [1.29, 1.82) is 0 Å². The number of benzene rings is 1. The monoisotopic (exact) mass is 249 g/mol. The van der Waals surface area contributed by atoms with E-state index in [1.54, 1.807) is 20.1 Å². The summed E-state index contributed by atoms with van der Waals surface area (Å²) in [7, 11) is 1.67. The fourth-order valence-corrected chi connectivity index (χ4v) is 1.36. The Labute approximate surface area is 108 Å². The third-order valence-corrected chi connectivity index (χ3v) is 2.24. The molecule has 0 saturated carbocycles. The highest BCUT2D eigenvalue weighted by molar-refractivity contribution is 5.87. The van der Waals surface area contributed by atoms with Crippen LogP contribution in [0.3, 0.4) is 0 Å². The van der Waals surface area contributed by atoms with Gasteiger partial charge in [-0.15, -0.1) is 0 Å². The van der Waals surface area contributed by atoms with Crippen LogP contribution in [0.25, 0.3) is 6.08 Å². The molecular formula is C14H19NO3. The molecule has 98 valence electrons. The minimum atomic E-state index is -0.320. The molecule has 0 amide bonds. The predicted octanol–water partition coefficient (Wildman–Crippen LogP) is 2.32. The number of methoxy groups -OCH3 is 1. The van der Waals surface area contributed by atoms with Crippen LogP contribution in [0.2, 0.25) is 0 Å². The van der Waals surface area contributed by atoms with Gasteiger partial charge in [0.2, 0.25) is 0 Å². The average Bonchev–Trinajstić information content (AvgIpc) is 2.38. The summed E-state index contributed by atoms with van der Waals surface area (Å²) >= 11 is 0. The largest absolute Gasteiger partial charge is 0.463 e. The van der Waals surface area contributed by atoms with Crippen LogP contribution in [-0.2, 0) is 14.3 Å². The van der Waals surface area contributed by atoms with Gasteiger partial charge in [-0.25, -0.2) is 4.79 Å². The zero-order chi connectivity index (χ0) is 13.2. The lowest BCUT2D eigenvalue weighted by Crippen LogP contribution is -2.07. The summed E-state index contributed by atoms with van der Waals surface area (Å²) in [6.07, 6.45) is 3.16. The maximum Gasteiger partial charge on any atom is 0.330 e. The van der Waals surface area contributed by atoms with Crippen molar-refractivity contribution in [2.75, 3.05) is 32.2 Å². The average molecular weight is 249 g/mol. The molecule has 0 saturated heterocycles. The SMILES string of the molecule is CCOC(=O)C=Cc1ccc(NCCOC)cc1. The fraction of sp³-hybridized carbons (Fsp3) is 0.357. The first kappa shape index (κ1) is 14.3. The van der Waals surface area contributed by atoms with Gasteiger partial charge in [0.25, 0.3) is 0 Å². The van der Waals surface area contributed by atoms with Crippen molar-refractivity contribution in [3.8, 4) is 0 Å². The van der Waals surface area contributed by atoms with E-state index in [1.165, 1.54) is 6.08 Å². The van der Waals surface area contributed by atoms with E-state index in [0.717, 1.165) is 17.8 Å². The van der Waals surface area contributed by atoms with Gasteiger partial charge in [0.15, 0.2) is 0 Å². The van der Waals surface area contributed by atoms with Crippen LogP contribution in [0, 0.1) is 0 Å². The van der Waals surface area contributed by atoms with Gasteiger partial charge in [0.05, 0.1) is 13.2 Å². The number of hydrogen-bond donors (Lipinski definition) is 1. The Hall–Kier alpha value is -1.81. The molecule has 1 rings (SSSR count). The third kappa shape index (κ3) is 5.50. The van der Waals surface area contributed by atoms with E-state index in [0.29, 0.717) is 13.2 Å². The lowest BCUT2D eigenvalue weighted by molar-refractivity contribution is -0.137. The van der Waals surface area contributed by atoms with Crippen molar-refractivity contribution in [3.05, 3.63) is 35.9 Å². The van der Waals surface area contributed by atoms with E-state index < -0.39 is 0 Å². The first-order chi connectivity index (χ1) is 8.76. The van der Waals surface area contributed by atoms with Gasteiger partial charge in [0.1, 0.15) is 0 Å². The summed E-state index contributed by atoms with van der Waals surface area (Å²) < 4.78 is 9.75. The van der Waals surface area contributed by atoms with Crippen molar-refractivity contribution >= 4 is 17.7 Å². The third-order valence-electron chi connectivity index (χ3n) is 2.24. The predicted molar refractivity (Wildman–Crippen MR) is 72.5 cm³/mol. The number of carbonyl (C=O) groups excluding carboxylic acids is 1. The molecule has 0 aromatic heterocycles. The number of rotatable bonds is 7. The Bertz CT molecular complexity index is 385. The number of carbonyl (C=O) groups is 1. The summed E-state index contributed by atoms with van der Waals surface area (Å²) in [4.78, 5) is 11.1. The van der Waals surface area contributed by atoms with Gasteiger partial charge in [-0.3, -0.25) is 0 Å². The molecule has 18 heavy (non-hydrogen) atoms. The second-order valence-electron chi connectivity index (χ2n) is 3.63. The molecule has 0 radical (unpaired) electrons. The fourth-order valence-electron chi connectivity index (χ4n) is 1.36. The Balaban J connectivity index is 2.47. The molecular weight excluding hydrogens is 230 g/mol. The van der Waals surface area contributed by atoms with E-state index in [-0.39, 0.29) is 5.97 Å². The van der Waals surface area contributed by atoms with Crippen molar-refractivity contribution in [1.82, 2.24) is 0 Å². The highest BCUT2D eigenvalue weighted by Crippen LogP contribution is 2.10. The first-order valence-electron chi connectivity index (χ1n) is 5.94. The molecule has 0 atom stereocenters. The molecule has 0 aliphatic heterocycles. The molecule has 0 heterocycles. The smallest absolute Gasteiger partial charge is 0.330 e. The van der Waals surface area contributed by atoms with Gasteiger partial charge in [-0.1, -0.05) is 12.1 Å².